The van der Waals surface area contributed by atoms with E-state index in [0.29, 0.717) is 31.9 Å². The monoisotopic (exact) mass is 304 g/mol. The quantitative estimate of drug-likeness (QED) is 0.853. The highest BCUT2D eigenvalue weighted by Gasteiger charge is 2.22. The van der Waals surface area contributed by atoms with Crippen LogP contribution in [-0.2, 0) is 9.59 Å². The number of urea groups is 1. The van der Waals surface area contributed by atoms with Crippen LogP contribution in [0.4, 0.5) is 10.5 Å². The first kappa shape index (κ1) is 15.8. The van der Waals surface area contributed by atoms with Crippen molar-refractivity contribution >= 4 is 23.5 Å². The minimum Gasteiger partial charge on any atom is -0.339 e. The van der Waals surface area contributed by atoms with Gasteiger partial charge < -0.3 is 20.4 Å². The van der Waals surface area contributed by atoms with Gasteiger partial charge >= 0.3 is 6.03 Å². The summed E-state index contributed by atoms with van der Waals surface area (Å²) in [4.78, 5) is 38.3. The zero-order chi connectivity index (χ0) is 15.9. The Morgan fingerprint density at radius 3 is 2.18 bits per heavy atom. The number of rotatable bonds is 3. The SMILES string of the molecule is CC(=O)N1CCN(C(=O)CNC(=O)Nc2ccccc2)CC1. The van der Waals surface area contributed by atoms with Crippen molar-refractivity contribution in [3.63, 3.8) is 0 Å². The minimum absolute atomic E-state index is 0.0208. The average Bonchev–Trinajstić information content (AvgIpc) is 2.53. The topological polar surface area (TPSA) is 81.8 Å². The number of anilines is 1. The number of hydrogen-bond donors (Lipinski definition) is 2. The first-order chi connectivity index (χ1) is 10.6. The Balaban J connectivity index is 1.72. The van der Waals surface area contributed by atoms with Crippen molar-refractivity contribution in [2.24, 2.45) is 0 Å². The Labute approximate surface area is 129 Å². The van der Waals surface area contributed by atoms with E-state index in [0.717, 1.165) is 0 Å². The molecule has 0 atom stereocenters. The second-order valence-corrected chi connectivity index (χ2v) is 5.06. The normalized spacial score (nSPS) is 14.4. The molecule has 1 heterocycles. The van der Waals surface area contributed by atoms with Crippen LogP contribution in [0.1, 0.15) is 6.92 Å². The molecule has 118 valence electrons. The molecule has 1 aromatic carbocycles. The summed E-state index contributed by atoms with van der Waals surface area (Å²) in [6, 6.07) is 8.60. The van der Waals surface area contributed by atoms with Gasteiger partial charge in [-0.1, -0.05) is 18.2 Å². The molecule has 0 spiro atoms. The van der Waals surface area contributed by atoms with Crippen LogP contribution in [0.2, 0.25) is 0 Å². The largest absolute Gasteiger partial charge is 0.339 e. The maximum absolute atomic E-state index is 12.0. The van der Waals surface area contributed by atoms with Crippen LogP contribution in [0, 0.1) is 0 Å². The lowest BCUT2D eigenvalue weighted by atomic mass is 10.3. The number of benzene rings is 1. The van der Waals surface area contributed by atoms with E-state index in [4.69, 9.17) is 0 Å². The van der Waals surface area contributed by atoms with E-state index in [-0.39, 0.29) is 18.4 Å². The molecule has 1 aliphatic rings. The summed E-state index contributed by atoms with van der Waals surface area (Å²) in [6.45, 7) is 3.54. The zero-order valence-electron chi connectivity index (χ0n) is 12.5. The molecule has 0 radical (unpaired) electrons. The van der Waals surface area contributed by atoms with Gasteiger partial charge in [0.05, 0.1) is 6.54 Å². The summed E-state index contributed by atoms with van der Waals surface area (Å²) in [7, 11) is 0. The van der Waals surface area contributed by atoms with E-state index in [1.54, 1.807) is 21.9 Å². The van der Waals surface area contributed by atoms with Crippen molar-refractivity contribution in [3.8, 4) is 0 Å². The molecule has 1 fully saturated rings. The van der Waals surface area contributed by atoms with Crippen LogP contribution in [0.25, 0.3) is 0 Å². The molecule has 1 aliphatic heterocycles. The van der Waals surface area contributed by atoms with E-state index in [9.17, 15) is 14.4 Å². The number of nitrogens with zero attached hydrogens (tertiary/aromatic N) is 2. The number of para-hydroxylation sites is 1. The van der Waals surface area contributed by atoms with E-state index < -0.39 is 6.03 Å². The summed E-state index contributed by atoms with van der Waals surface area (Å²) in [5.41, 5.74) is 0.669. The van der Waals surface area contributed by atoms with Gasteiger partial charge in [-0.2, -0.15) is 0 Å². The second-order valence-electron chi connectivity index (χ2n) is 5.06. The molecule has 0 saturated carbocycles. The lowest BCUT2D eigenvalue weighted by molar-refractivity contribution is -0.137. The summed E-state index contributed by atoms with van der Waals surface area (Å²) >= 11 is 0. The van der Waals surface area contributed by atoms with Gasteiger partial charge in [-0.3, -0.25) is 9.59 Å². The van der Waals surface area contributed by atoms with Crippen LogP contribution in [0.15, 0.2) is 30.3 Å². The van der Waals surface area contributed by atoms with E-state index in [1.807, 2.05) is 18.2 Å². The maximum Gasteiger partial charge on any atom is 0.319 e. The van der Waals surface area contributed by atoms with Gasteiger partial charge in [-0.15, -0.1) is 0 Å². The molecule has 7 heteroatoms. The Kier molecular flexibility index (Phi) is 5.35. The molecule has 2 N–H and O–H groups in total. The van der Waals surface area contributed by atoms with Gasteiger partial charge in [0.2, 0.25) is 11.8 Å². The molecule has 0 aromatic heterocycles. The summed E-state index contributed by atoms with van der Waals surface area (Å²) < 4.78 is 0. The van der Waals surface area contributed by atoms with Crippen molar-refractivity contribution in [1.29, 1.82) is 0 Å². The second kappa shape index (κ2) is 7.44. The smallest absolute Gasteiger partial charge is 0.319 e. The lowest BCUT2D eigenvalue weighted by Crippen LogP contribution is -2.52. The van der Waals surface area contributed by atoms with Crippen molar-refractivity contribution in [3.05, 3.63) is 30.3 Å². The number of hydrogen-bond acceptors (Lipinski definition) is 3. The minimum atomic E-state index is -0.415. The van der Waals surface area contributed by atoms with Gasteiger partial charge in [-0.05, 0) is 12.1 Å². The first-order valence-electron chi connectivity index (χ1n) is 7.19. The number of piperazine rings is 1. The summed E-state index contributed by atoms with van der Waals surface area (Å²) in [6.07, 6.45) is 0. The number of nitrogens with one attached hydrogen (secondary N) is 2. The molecule has 1 aromatic rings. The fourth-order valence-corrected chi connectivity index (χ4v) is 2.24. The van der Waals surface area contributed by atoms with Crippen LogP contribution in [0.5, 0.6) is 0 Å². The fraction of sp³-hybridized carbons (Fsp3) is 0.400. The fourth-order valence-electron chi connectivity index (χ4n) is 2.24. The molecule has 1 saturated heterocycles. The standard InChI is InChI=1S/C15H20N4O3/c1-12(20)18-7-9-19(10-8-18)14(21)11-16-15(22)17-13-5-3-2-4-6-13/h2-6H,7-11H2,1H3,(H2,16,17,22). The number of carbonyl (C=O) groups is 3. The Morgan fingerprint density at radius 1 is 1.00 bits per heavy atom. The highest BCUT2D eigenvalue weighted by molar-refractivity contribution is 5.92. The van der Waals surface area contributed by atoms with E-state index >= 15 is 0 Å². The predicted octanol–water partition coefficient (Wildman–Crippen LogP) is 0.499. The van der Waals surface area contributed by atoms with Crippen LogP contribution in [0.3, 0.4) is 0 Å². The Hall–Kier alpha value is -2.57. The summed E-state index contributed by atoms with van der Waals surface area (Å²) in [5, 5.41) is 5.19. The molecule has 22 heavy (non-hydrogen) atoms. The van der Waals surface area contributed by atoms with Gasteiger partial charge in [0.25, 0.3) is 0 Å². The average molecular weight is 304 g/mol. The van der Waals surface area contributed by atoms with Crippen molar-refractivity contribution in [1.82, 2.24) is 15.1 Å². The molecule has 0 bridgehead atoms. The molecule has 0 aliphatic carbocycles. The van der Waals surface area contributed by atoms with Crippen molar-refractivity contribution < 1.29 is 14.4 Å². The first-order valence-corrected chi connectivity index (χ1v) is 7.19. The molecule has 2 rings (SSSR count). The molecular formula is C15H20N4O3. The van der Waals surface area contributed by atoms with Gasteiger partial charge in [-0.25, -0.2) is 4.79 Å². The predicted molar refractivity (Wildman–Crippen MR) is 82.3 cm³/mol. The van der Waals surface area contributed by atoms with Crippen LogP contribution < -0.4 is 10.6 Å². The van der Waals surface area contributed by atoms with E-state index in [1.165, 1.54) is 6.92 Å². The third-order valence-corrected chi connectivity index (χ3v) is 3.51. The summed E-state index contributed by atoms with van der Waals surface area (Å²) in [5.74, 6) is -0.126. The third-order valence-electron chi connectivity index (χ3n) is 3.51. The Morgan fingerprint density at radius 2 is 1.59 bits per heavy atom. The van der Waals surface area contributed by atoms with Crippen LogP contribution in [-0.4, -0.2) is 60.4 Å². The Bertz CT molecular complexity index is 539. The van der Waals surface area contributed by atoms with E-state index in [2.05, 4.69) is 10.6 Å². The highest BCUT2D eigenvalue weighted by atomic mass is 16.2. The van der Waals surface area contributed by atoms with Crippen molar-refractivity contribution in [2.45, 2.75) is 6.92 Å². The highest BCUT2D eigenvalue weighted by Crippen LogP contribution is 2.04. The number of carbonyl (C=O) groups excluding carboxylic acids is 3. The van der Waals surface area contributed by atoms with Crippen molar-refractivity contribution in [2.75, 3.05) is 38.0 Å². The van der Waals surface area contributed by atoms with Gasteiger partial charge in [0.1, 0.15) is 0 Å². The van der Waals surface area contributed by atoms with Crippen LogP contribution >= 0.6 is 0 Å². The molecule has 7 nitrogen and oxygen atoms in total. The molecular weight excluding hydrogens is 284 g/mol. The number of amides is 4. The lowest BCUT2D eigenvalue weighted by Gasteiger charge is -2.34. The third kappa shape index (κ3) is 4.47. The maximum atomic E-state index is 12.0. The van der Waals surface area contributed by atoms with Gasteiger partial charge in [0, 0.05) is 38.8 Å². The molecule has 4 amide bonds. The molecule has 0 unspecified atom stereocenters. The zero-order valence-corrected chi connectivity index (χ0v) is 12.5. The van der Waals surface area contributed by atoms with Gasteiger partial charge in [0.15, 0.2) is 0 Å².